The van der Waals surface area contributed by atoms with E-state index in [2.05, 4.69) is 4.99 Å². The van der Waals surface area contributed by atoms with E-state index in [1.807, 2.05) is 80.6 Å². The van der Waals surface area contributed by atoms with Crippen LogP contribution in [-0.2, 0) is 4.79 Å². The van der Waals surface area contributed by atoms with Crippen LogP contribution in [-0.4, -0.2) is 29.1 Å². The van der Waals surface area contributed by atoms with Gasteiger partial charge < -0.3 is 9.15 Å². The minimum atomic E-state index is -0.0640. The lowest BCUT2D eigenvalue weighted by atomic mass is 10.3. The number of rotatable bonds is 7. The molecule has 0 atom stereocenters. The summed E-state index contributed by atoms with van der Waals surface area (Å²) in [6.07, 6.45) is 1.78. The Morgan fingerprint density at radius 1 is 1.06 bits per heavy atom. The number of amidine groups is 1. The van der Waals surface area contributed by atoms with Crippen molar-refractivity contribution in [3.63, 3.8) is 0 Å². The first-order valence-corrected chi connectivity index (χ1v) is 11.6. The number of furan rings is 1. The van der Waals surface area contributed by atoms with Crippen LogP contribution in [0.5, 0.6) is 5.75 Å². The van der Waals surface area contributed by atoms with Crippen LogP contribution in [0.3, 0.4) is 0 Å². The average Bonchev–Trinajstić information content (AvgIpc) is 3.34. The zero-order valence-electron chi connectivity index (χ0n) is 17.3. The van der Waals surface area contributed by atoms with Crippen molar-refractivity contribution in [1.29, 1.82) is 0 Å². The second kappa shape index (κ2) is 9.94. The van der Waals surface area contributed by atoms with Crippen LogP contribution in [0.4, 0.5) is 5.69 Å². The van der Waals surface area contributed by atoms with E-state index < -0.39 is 0 Å². The van der Waals surface area contributed by atoms with Gasteiger partial charge in [-0.25, -0.2) is 4.99 Å². The number of likely N-dealkylation sites (N-methyl/N-ethyl adjacent to an activating group) is 1. The molecule has 5 nitrogen and oxygen atoms in total. The summed E-state index contributed by atoms with van der Waals surface area (Å²) in [6.45, 7) is 5.06. The Bertz CT molecular complexity index is 1110. The number of thioether (sulfide) groups is 1. The highest BCUT2D eigenvalue weighted by Crippen LogP contribution is 2.35. The first kappa shape index (κ1) is 21.3. The summed E-state index contributed by atoms with van der Waals surface area (Å²) in [5.74, 6) is 1.38. The Morgan fingerprint density at radius 2 is 1.84 bits per heavy atom. The SMILES string of the molecule is CCOc1ccc(N=C2SC(=Cc3ccc(Sc4ccccc4)o3)C(=O)N2CC)cc1. The quantitative estimate of drug-likeness (QED) is 0.387. The maximum absolute atomic E-state index is 12.9. The number of carbonyl (C=O) groups is 1. The fourth-order valence-corrected chi connectivity index (χ4v) is 4.81. The number of benzene rings is 2. The van der Waals surface area contributed by atoms with Gasteiger partial charge in [0.2, 0.25) is 0 Å². The molecule has 7 heteroatoms. The van der Waals surface area contributed by atoms with E-state index in [1.165, 1.54) is 11.8 Å². The van der Waals surface area contributed by atoms with Gasteiger partial charge >= 0.3 is 0 Å². The summed E-state index contributed by atoms with van der Waals surface area (Å²) in [4.78, 5) is 20.9. The molecule has 0 bridgehead atoms. The van der Waals surface area contributed by atoms with Gasteiger partial charge in [0.05, 0.1) is 17.2 Å². The van der Waals surface area contributed by atoms with Gasteiger partial charge in [0, 0.05) is 17.5 Å². The summed E-state index contributed by atoms with van der Waals surface area (Å²) < 4.78 is 11.4. The van der Waals surface area contributed by atoms with Crippen molar-refractivity contribution in [2.24, 2.45) is 4.99 Å². The fraction of sp³-hybridized carbons (Fsp3) is 0.167. The molecule has 1 fully saturated rings. The third kappa shape index (κ3) is 5.24. The molecular weight excluding hydrogens is 428 g/mol. The molecule has 0 saturated carbocycles. The molecule has 2 heterocycles. The average molecular weight is 451 g/mol. The van der Waals surface area contributed by atoms with Crippen molar-refractivity contribution >= 4 is 46.4 Å². The third-order valence-electron chi connectivity index (χ3n) is 4.41. The standard InChI is InChI=1S/C24H22N2O3S2/c1-3-26-23(27)21(31-24(26)25-17-10-12-18(13-11-17)28-4-2)16-19-14-15-22(29-19)30-20-8-6-5-7-9-20/h5-16H,3-4H2,1-2H3. The highest BCUT2D eigenvalue weighted by atomic mass is 32.2. The molecule has 0 aliphatic carbocycles. The number of aliphatic imine (C=N–C) groups is 1. The number of ether oxygens (including phenoxy) is 1. The molecule has 4 rings (SSSR count). The molecule has 1 aliphatic rings. The Morgan fingerprint density at radius 3 is 2.55 bits per heavy atom. The van der Waals surface area contributed by atoms with Crippen LogP contribution in [0.15, 0.2) is 91.0 Å². The van der Waals surface area contributed by atoms with Crippen molar-refractivity contribution in [1.82, 2.24) is 4.90 Å². The lowest BCUT2D eigenvalue weighted by Crippen LogP contribution is -2.28. The van der Waals surface area contributed by atoms with Gasteiger partial charge in [-0.3, -0.25) is 9.69 Å². The van der Waals surface area contributed by atoms with Gasteiger partial charge in [-0.1, -0.05) is 30.0 Å². The molecule has 2 aromatic carbocycles. The number of carbonyl (C=O) groups excluding carboxylic acids is 1. The van der Waals surface area contributed by atoms with Crippen molar-refractivity contribution in [3.8, 4) is 5.75 Å². The number of hydrogen-bond donors (Lipinski definition) is 0. The van der Waals surface area contributed by atoms with E-state index in [0.717, 1.165) is 21.4 Å². The van der Waals surface area contributed by atoms with E-state index in [0.29, 0.717) is 29.0 Å². The molecule has 0 N–H and O–H groups in total. The minimum Gasteiger partial charge on any atom is -0.494 e. The maximum atomic E-state index is 12.9. The summed E-state index contributed by atoms with van der Waals surface area (Å²) in [6, 6.07) is 21.4. The first-order chi connectivity index (χ1) is 15.2. The van der Waals surface area contributed by atoms with Gasteiger partial charge in [-0.15, -0.1) is 0 Å². The van der Waals surface area contributed by atoms with Gasteiger partial charge in [0.15, 0.2) is 10.3 Å². The molecule has 158 valence electrons. The second-order valence-corrected chi connectivity index (χ2v) is 8.64. The van der Waals surface area contributed by atoms with E-state index in [4.69, 9.17) is 9.15 Å². The van der Waals surface area contributed by atoms with E-state index >= 15 is 0 Å². The Kier molecular flexibility index (Phi) is 6.84. The molecule has 0 unspecified atom stereocenters. The zero-order valence-corrected chi connectivity index (χ0v) is 18.9. The first-order valence-electron chi connectivity index (χ1n) is 10.0. The number of nitrogens with zero attached hydrogens (tertiary/aromatic N) is 2. The normalized spacial score (nSPS) is 16.5. The second-order valence-electron chi connectivity index (χ2n) is 6.55. The van der Waals surface area contributed by atoms with Crippen molar-refractivity contribution < 1.29 is 13.9 Å². The predicted molar refractivity (Wildman–Crippen MR) is 127 cm³/mol. The molecule has 1 aliphatic heterocycles. The summed E-state index contributed by atoms with van der Waals surface area (Å²) >= 11 is 2.91. The maximum Gasteiger partial charge on any atom is 0.266 e. The molecule has 3 aromatic rings. The van der Waals surface area contributed by atoms with Crippen LogP contribution in [0, 0.1) is 0 Å². The Balaban J connectivity index is 1.52. The highest BCUT2D eigenvalue weighted by Gasteiger charge is 2.32. The Labute approximate surface area is 190 Å². The van der Waals surface area contributed by atoms with Gasteiger partial charge in [-0.2, -0.15) is 0 Å². The molecule has 1 amide bonds. The molecule has 1 aromatic heterocycles. The van der Waals surface area contributed by atoms with Crippen LogP contribution < -0.4 is 4.74 Å². The van der Waals surface area contributed by atoms with E-state index in [-0.39, 0.29) is 5.91 Å². The van der Waals surface area contributed by atoms with E-state index in [9.17, 15) is 4.79 Å². The smallest absolute Gasteiger partial charge is 0.266 e. The lowest BCUT2D eigenvalue weighted by molar-refractivity contribution is -0.122. The van der Waals surface area contributed by atoms with Gasteiger partial charge in [0.1, 0.15) is 11.5 Å². The van der Waals surface area contributed by atoms with Crippen LogP contribution in [0.2, 0.25) is 0 Å². The molecule has 0 radical (unpaired) electrons. The molecule has 0 spiro atoms. The summed E-state index contributed by atoms with van der Waals surface area (Å²) in [7, 11) is 0. The lowest BCUT2D eigenvalue weighted by Gasteiger charge is -2.12. The molecule has 1 saturated heterocycles. The minimum absolute atomic E-state index is 0.0640. The molecule has 31 heavy (non-hydrogen) atoms. The predicted octanol–water partition coefficient (Wildman–Crippen LogP) is 6.45. The van der Waals surface area contributed by atoms with Crippen LogP contribution in [0.25, 0.3) is 6.08 Å². The highest BCUT2D eigenvalue weighted by molar-refractivity contribution is 8.18. The third-order valence-corrected chi connectivity index (χ3v) is 6.35. The molecular formula is C24H22N2O3S2. The van der Waals surface area contributed by atoms with Gasteiger partial charge in [0.25, 0.3) is 5.91 Å². The van der Waals surface area contributed by atoms with Crippen molar-refractivity contribution in [3.05, 3.63) is 77.4 Å². The summed E-state index contributed by atoms with van der Waals surface area (Å²) in [5, 5.41) is 1.44. The van der Waals surface area contributed by atoms with Gasteiger partial charge in [-0.05, 0) is 74.1 Å². The number of amides is 1. The Hall–Kier alpha value is -2.90. The van der Waals surface area contributed by atoms with Crippen LogP contribution in [0.1, 0.15) is 19.6 Å². The fourth-order valence-electron chi connectivity index (χ4n) is 2.96. The zero-order chi connectivity index (χ0) is 21.6. The van der Waals surface area contributed by atoms with Crippen LogP contribution >= 0.6 is 23.5 Å². The topological polar surface area (TPSA) is 55.0 Å². The number of hydrogen-bond acceptors (Lipinski definition) is 6. The van der Waals surface area contributed by atoms with E-state index in [1.54, 1.807) is 22.7 Å². The largest absolute Gasteiger partial charge is 0.494 e. The monoisotopic (exact) mass is 450 g/mol. The van der Waals surface area contributed by atoms with Crippen molar-refractivity contribution in [2.75, 3.05) is 13.2 Å². The van der Waals surface area contributed by atoms with Crippen molar-refractivity contribution in [2.45, 2.75) is 23.8 Å². The summed E-state index contributed by atoms with van der Waals surface area (Å²) in [5.41, 5.74) is 0.776.